The van der Waals surface area contributed by atoms with Gasteiger partial charge in [0.05, 0.1) is 17.8 Å². The molecule has 0 bridgehead atoms. The van der Waals surface area contributed by atoms with Crippen molar-refractivity contribution in [2.24, 2.45) is 7.05 Å². The van der Waals surface area contributed by atoms with Crippen LogP contribution in [-0.2, 0) is 20.1 Å². The topological polar surface area (TPSA) is 69.8 Å². The van der Waals surface area contributed by atoms with Crippen molar-refractivity contribution in [3.05, 3.63) is 54.2 Å². The Labute approximate surface area is 147 Å². The van der Waals surface area contributed by atoms with E-state index >= 15 is 0 Å². The molecule has 0 unspecified atom stereocenters. The van der Waals surface area contributed by atoms with E-state index in [4.69, 9.17) is 4.74 Å². The molecule has 0 fully saturated rings. The van der Waals surface area contributed by atoms with Crippen molar-refractivity contribution in [3.63, 3.8) is 0 Å². The molecule has 3 rings (SSSR count). The summed E-state index contributed by atoms with van der Waals surface area (Å²) in [6.07, 6.45) is 3.25. The third-order valence-electron chi connectivity index (χ3n) is 3.53. The van der Waals surface area contributed by atoms with Crippen molar-refractivity contribution in [1.29, 1.82) is 0 Å². The second-order valence-electron chi connectivity index (χ2n) is 5.24. The summed E-state index contributed by atoms with van der Waals surface area (Å²) in [6, 6.07) is 9.74. The van der Waals surface area contributed by atoms with Gasteiger partial charge in [-0.15, -0.1) is 12.4 Å². The van der Waals surface area contributed by atoms with Gasteiger partial charge in [0.25, 0.3) is 0 Å². The van der Waals surface area contributed by atoms with Gasteiger partial charge in [0.15, 0.2) is 0 Å². The van der Waals surface area contributed by atoms with E-state index in [-0.39, 0.29) is 12.4 Å². The van der Waals surface area contributed by atoms with Gasteiger partial charge in [0.1, 0.15) is 18.4 Å². The lowest BCUT2D eigenvalue weighted by atomic mass is 10.2. The third-order valence-corrected chi connectivity index (χ3v) is 3.53. The molecule has 8 heteroatoms. The Kier molecular flexibility index (Phi) is 6.34. The maximum Gasteiger partial charge on any atom is 0.222 e. The van der Waals surface area contributed by atoms with Crippen molar-refractivity contribution < 1.29 is 4.74 Å². The van der Waals surface area contributed by atoms with E-state index in [9.17, 15) is 0 Å². The fourth-order valence-corrected chi connectivity index (χ4v) is 2.37. The first-order valence-electron chi connectivity index (χ1n) is 7.52. The van der Waals surface area contributed by atoms with Gasteiger partial charge in [-0.3, -0.25) is 4.68 Å². The predicted octanol–water partition coefficient (Wildman–Crippen LogP) is 2.32. The molecule has 7 nitrogen and oxygen atoms in total. The summed E-state index contributed by atoms with van der Waals surface area (Å²) >= 11 is 0. The van der Waals surface area contributed by atoms with Crippen molar-refractivity contribution >= 4 is 12.4 Å². The number of aromatic nitrogens is 5. The minimum atomic E-state index is 0. The van der Waals surface area contributed by atoms with Gasteiger partial charge in [-0.25, -0.2) is 9.67 Å². The molecule has 0 amide bonds. The summed E-state index contributed by atoms with van der Waals surface area (Å²) in [4.78, 5) is 3.93. The summed E-state index contributed by atoms with van der Waals surface area (Å²) < 4.78 is 9.57. The minimum absolute atomic E-state index is 0. The Bertz CT molecular complexity index is 742. The smallest absolute Gasteiger partial charge is 0.222 e. The molecule has 0 aliphatic rings. The molecule has 3 aromatic rings. The van der Waals surface area contributed by atoms with E-state index in [0.29, 0.717) is 6.54 Å². The summed E-state index contributed by atoms with van der Waals surface area (Å²) in [6.45, 7) is 4.25. The zero-order valence-corrected chi connectivity index (χ0v) is 14.5. The largest absolute Gasteiger partial charge is 0.439 e. The van der Waals surface area contributed by atoms with E-state index in [2.05, 4.69) is 20.5 Å². The van der Waals surface area contributed by atoms with E-state index in [0.717, 1.165) is 36.0 Å². The minimum Gasteiger partial charge on any atom is -0.439 e. The van der Waals surface area contributed by atoms with Gasteiger partial charge in [-0.2, -0.15) is 10.2 Å². The van der Waals surface area contributed by atoms with Crippen LogP contribution in [0.15, 0.2) is 43.0 Å². The van der Waals surface area contributed by atoms with Crippen LogP contribution in [-0.4, -0.2) is 31.1 Å². The number of rotatable bonds is 7. The van der Waals surface area contributed by atoms with Gasteiger partial charge in [-0.05, 0) is 19.1 Å². The van der Waals surface area contributed by atoms with E-state index in [1.165, 1.54) is 6.33 Å². The van der Waals surface area contributed by atoms with Gasteiger partial charge >= 0.3 is 0 Å². The molecular formula is C16H21ClN6O. The third kappa shape index (κ3) is 4.33. The van der Waals surface area contributed by atoms with Crippen molar-refractivity contribution in [1.82, 2.24) is 29.9 Å². The summed E-state index contributed by atoms with van der Waals surface area (Å²) in [5.74, 6) is 1.57. The van der Waals surface area contributed by atoms with Gasteiger partial charge in [0.2, 0.25) is 5.88 Å². The number of nitrogens with zero attached hydrogens (tertiary/aromatic N) is 5. The van der Waals surface area contributed by atoms with Gasteiger partial charge in [0, 0.05) is 20.1 Å². The number of ether oxygens (including phenoxy) is 1. The van der Waals surface area contributed by atoms with E-state index in [1.54, 1.807) is 15.7 Å². The molecule has 24 heavy (non-hydrogen) atoms. The molecule has 0 radical (unpaired) electrons. The van der Waals surface area contributed by atoms with Crippen LogP contribution in [0.3, 0.4) is 0 Å². The van der Waals surface area contributed by atoms with Crippen LogP contribution in [0.5, 0.6) is 11.6 Å². The molecule has 128 valence electrons. The Balaban J connectivity index is 0.00000208. The molecule has 2 heterocycles. The molecule has 2 aromatic heterocycles. The normalized spacial score (nSPS) is 10.4. The van der Waals surface area contributed by atoms with Crippen LogP contribution >= 0.6 is 12.4 Å². The lowest BCUT2D eigenvalue weighted by molar-refractivity contribution is 0.423. The number of aryl methyl sites for hydroxylation is 2. The molecule has 0 spiro atoms. The maximum atomic E-state index is 6.00. The lowest BCUT2D eigenvalue weighted by Crippen LogP contribution is -2.20. The summed E-state index contributed by atoms with van der Waals surface area (Å²) in [5, 5.41) is 11.9. The fraction of sp³-hybridized carbons (Fsp3) is 0.312. The fourth-order valence-electron chi connectivity index (χ4n) is 2.37. The second-order valence-corrected chi connectivity index (χ2v) is 5.24. The number of hydrogen-bond acceptors (Lipinski definition) is 5. The summed E-state index contributed by atoms with van der Waals surface area (Å²) in [7, 11) is 1.89. The highest BCUT2D eigenvalue weighted by Crippen LogP contribution is 2.26. The zero-order chi connectivity index (χ0) is 16.1. The molecule has 0 saturated carbocycles. The Hall–Kier alpha value is -2.38. The highest BCUT2D eigenvalue weighted by molar-refractivity contribution is 5.85. The number of benzene rings is 1. The molecule has 0 aliphatic carbocycles. The maximum absolute atomic E-state index is 6.00. The number of nitrogens with one attached hydrogen (secondary N) is 1. The Morgan fingerprint density at radius 1 is 1.21 bits per heavy atom. The van der Waals surface area contributed by atoms with Crippen molar-refractivity contribution in [2.45, 2.75) is 20.0 Å². The second kappa shape index (κ2) is 8.47. The van der Waals surface area contributed by atoms with Gasteiger partial charge < -0.3 is 10.1 Å². The average Bonchev–Trinajstić information content (AvgIpc) is 3.15. The number of halogens is 1. The first-order valence-corrected chi connectivity index (χ1v) is 7.52. The monoisotopic (exact) mass is 348 g/mol. The molecule has 0 aliphatic heterocycles. The number of para-hydroxylation sites is 1. The van der Waals surface area contributed by atoms with E-state index < -0.39 is 0 Å². The summed E-state index contributed by atoms with van der Waals surface area (Å²) in [5.41, 5.74) is 2.03. The van der Waals surface area contributed by atoms with Crippen LogP contribution in [0.25, 0.3) is 0 Å². The molecular weight excluding hydrogens is 328 g/mol. The Morgan fingerprint density at radius 2 is 2.00 bits per heavy atom. The molecule has 0 atom stereocenters. The first-order chi connectivity index (χ1) is 11.2. The molecule has 1 N–H and O–H groups in total. The van der Waals surface area contributed by atoms with Crippen molar-refractivity contribution in [2.75, 3.05) is 6.54 Å². The quantitative estimate of drug-likeness (QED) is 0.663. The standard InChI is InChI=1S/C16H20N6O.ClH/c1-13-15(10-17-8-9-22-12-18-11-19-22)16(21(2)20-13)23-14-6-4-3-5-7-14;/h3-7,11-12,17H,8-10H2,1-2H3;1H. The highest BCUT2D eigenvalue weighted by atomic mass is 35.5. The average molecular weight is 349 g/mol. The first kappa shape index (κ1) is 18.0. The number of hydrogen-bond donors (Lipinski definition) is 1. The highest BCUT2D eigenvalue weighted by Gasteiger charge is 2.15. The van der Waals surface area contributed by atoms with Crippen molar-refractivity contribution in [3.8, 4) is 11.6 Å². The van der Waals surface area contributed by atoms with Crippen LogP contribution in [0, 0.1) is 6.92 Å². The van der Waals surface area contributed by atoms with Crippen LogP contribution in [0.4, 0.5) is 0 Å². The van der Waals surface area contributed by atoms with Crippen LogP contribution < -0.4 is 10.1 Å². The molecule has 1 aromatic carbocycles. The zero-order valence-electron chi connectivity index (χ0n) is 13.7. The Morgan fingerprint density at radius 3 is 2.71 bits per heavy atom. The van der Waals surface area contributed by atoms with Crippen LogP contribution in [0.1, 0.15) is 11.3 Å². The van der Waals surface area contributed by atoms with Gasteiger partial charge in [-0.1, -0.05) is 18.2 Å². The van der Waals surface area contributed by atoms with Crippen LogP contribution in [0.2, 0.25) is 0 Å². The SMILES string of the molecule is Cc1nn(C)c(Oc2ccccc2)c1CNCCn1cncn1.Cl. The lowest BCUT2D eigenvalue weighted by Gasteiger charge is -2.09. The van der Waals surface area contributed by atoms with E-state index in [1.807, 2.05) is 44.3 Å². The predicted molar refractivity (Wildman–Crippen MR) is 93.4 cm³/mol. The molecule has 0 saturated heterocycles.